The predicted octanol–water partition coefficient (Wildman–Crippen LogP) is 4.14. The molecule has 1 aromatic heterocycles. The smallest absolute Gasteiger partial charge is 0.158 e. The summed E-state index contributed by atoms with van der Waals surface area (Å²) in [5, 5.41) is 2.14. The molecule has 0 atom stereocenters. The van der Waals surface area contributed by atoms with Gasteiger partial charge in [-0.15, -0.1) is 0 Å². The molecule has 0 bridgehead atoms. The van der Waals surface area contributed by atoms with Crippen molar-refractivity contribution in [1.82, 2.24) is 0 Å². The van der Waals surface area contributed by atoms with Crippen LogP contribution in [0.25, 0.3) is 11.3 Å². The summed E-state index contributed by atoms with van der Waals surface area (Å²) in [6.07, 6.45) is 0. The monoisotopic (exact) mass is 334 g/mol. The quantitative estimate of drug-likeness (QED) is 0.746. The molecule has 2 nitrogen and oxygen atoms in total. The molecule has 0 spiro atoms. The molecule has 0 fully saturated rings. The molecule has 2 N–H and O–H groups in total. The van der Waals surface area contributed by atoms with Crippen LogP contribution in [0.3, 0.4) is 0 Å². The zero-order valence-electron chi connectivity index (χ0n) is 12.2. The second-order valence-electron chi connectivity index (χ2n) is 5.22. The number of benzene rings is 2. The van der Waals surface area contributed by atoms with Crippen LogP contribution < -0.4 is 5.32 Å². The summed E-state index contributed by atoms with van der Waals surface area (Å²) in [5.74, 6) is 0.775. The van der Waals surface area contributed by atoms with Crippen molar-refractivity contribution < 1.29 is 18.5 Å². The number of nitrogens with two attached hydrogens (primary N) is 1. The predicted molar refractivity (Wildman–Crippen MR) is 84.8 cm³/mol. The third kappa shape index (κ3) is 3.97. The number of quaternary nitrogens is 1. The van der Waals surface area contributed by atoms with Crippen LogP contribution in [0.2, 0.25) is 5.02 Å². The summed E-state index contributed by atoms with van der Waals surface area (Å²) in [7, 11) is 0. The first kappa shape index (κ1) is 15.7. The maximum absolute atomic E-state index is 13.2. The molecular formula is C18H15ClF2NO+. The van der Waals surface area contributed by atoms with E-state index in [9.17, 15) is 8.78 Å². The Bertz CT molecular complexity index is 799. The molecular weight excluding hydrogens is 320 g/mol. The van der Waals surface area contributed by atoms with Gasteiger partial charge in [-0.1, -0.05) is 23.7 Å². The molecule has 0 amide bonds. The third-order valence-corrected chi connectivity index (χ3v) is 3.79. The van der Waals surface area contributed by atoms with Crippen LogP contribution in [-0.2, 0) is 13.1 Å². The van der Waals surface area contributed by atoms with Gasteiger partial charge in [0.25, 0.3) is 0 Å². The van der Waals surface area contributed by atoms with Crippen molar-refractivity contribution in [1.29, 1.82) is 0 Å². The summed E-state index contributed by atoms with van der Waals surface area (Å²) in [4.78, 5) is 0. The van der Waals surface area contributed by atoms with Crippen LogP contribution >= 0.6 is 11.6 Å². The fourth-order valence-electron chi connectivity index (χ4n) is 2.29. The SMILES string of the molecule is Fc1ccc(C[NH2+]Cc2ccc(-c3ccc(F)c(Cl)c3)o2)cc1. The van der Waals surface area contributed by atoms with E-state index in [2.05, 4.69) is 5.32 Å². The Morgan fingerprint density at radius 3 is 2.43 bits per heavy atom. The van der Waals surface area contributed by atoms with E-state index in [0.29, 0.717) is 12.3 Å². The fraction of sp³-hybridized carbons (Fsp3) is 0.111. The number of halogens is 3. The molecule has 0 aliphatic carbocycles. The molecule has 5 heteroatoms. The number of rotatable bonds is 5. The minimum Gasteiger partial charge on any atom is -0.455 e. The van der Waals surface area contributed by atoms with Crippen LogP contribution in [0.15, 0.2) is 59.0 Å². The van der Waals surface area contributed by atoms with Gasteiger partial charge in [-0.2, -0.15) is 0 Å². The maximum atomic E-state index is 13.2. The summed E-state index contributed by atoms with van der Waals surface area (Å²) in [6, 6.07) is 14.6. The topological polar surface area (TPSA) is 29.8 Å². The highest BCUT2D eigenvalue weighted by atomic mass is 35.5. The van der Waals surface area contributed by atoms with Crippen molar-refractivity contribution in [2.24, 2.45) is 0 Å². The van der Waals surface area contributed by atoms with Gasteiger partial charge in [-0.05, 0) is 42.5 Å². The van der Waals surface area contributed by atoms with Gasteiger partial charge in [-0.3, -0.25) is 0 Å². The number of furan rings is 1. The van der Waals surface area contributed by atoms with Crippen LogP contribution in [0, 0.1) is 11.6 Å². The fourth-order valence-corrected chi connectivity index (χ4v) is 2.47. The Balaban J connectivity index is 1.60. The molecule has 0 aliphatic rings. The van der Waals surface area contributed by atoms with Crippen molar-refractivity contribution in [2.45, 2.75) is 13.1 Å². The van der Waals surface area contributed by atoms with Crippen molar-refractivity contribution in [3.8, 4) is 11.3 Å². The molecule has 0 saturated carbocycles. The van der Waals surface area contributed by atoms with Crippen molar-refractivity contribution in [3.05, 3.63) is 82.6 Å². The summed E-state index contributed by atoms with van der Waals surface area (Å²) in [6.45, 7) is 1.39. The van der Waals surface area contributed by atoms with E-state index in [1.165, 1.54) is 18.2 Å². The zero-order chi connectivity index (χ0) is 16.2. The van der Waals surface area contributed by atoms with Gasteiger partial charge in [0.15, 0.2) is 5.76 Å². The lowest BCUT2D eigenvalue weighted by Crippen LogP contribution is -2.80. The third-order valence-electron chi connectivity index (χ3n) is 3.50. The second-order valence-corrected chi connectivity index (χ2v) is 5.63. The molecule has 1 heterocycles. The van der Waals surface area contributed by atoms with Gasteiger partial charge in [0.1, 0.15) is 30.5 Å². The van der Waals surface area contributed by atoms with E-state index in [1.807, 2.05) is 12.1 Å². The first-order chi connectivity index (χ1) is 11.1. The average Bonchev–Trinajstić information content (AvgIpc) is 3.01. The molecule has 3 aromatic rings. The van der Waals surface area contributed by atoms with Crippen molar-refractivity contribution >= 4 is 11.6 Å². The van der Waals surface area contributed by atoms with Gasteiger partial charge in [0.2, 0.25) is 0 Å². The lowest BCUT2D eigenvalue weighted by molar-refractivity contribution is -0.687. The molecule has 23 heavy (non-hydrogen) atoms. The lowest BCUT2D eigenvalue weighted by Gasteiger charge is -2.01. The Labute approximate surface area is 137 Å². The second kappa shape index (κ2) is 6.94. The Morgan fingerprint density at radius 2 is 1.70 bits per heavy atom. The molecule has 0 saturated heterocycles. The van der Waals surface area contributed by atoms with Crippen LogP contribution in [-0.4, -0.2) is 0 Å². The Hall–Kier alpha value is -2.17. The average molecular weight is 335 g/mol. The van der Waals surface area contributed by atoms with Gasteiger partial charge in [-0.25, -0.2) is 8.78 Å². The van der Waals surface area contributed by atoms with E-state index in [1.54, 1.807) is 24.3 Å². The van der Waals surface area contributed by atoms with E-state index < -0.39 is 5.82 Å². The summed E-state index contributed by atoms with van der Waals surface area (Å²) < 4.78 is 31.8. The molecule has 3 rings (SSSR count). The Morgan fingerprint density at radius 1 is 0.913 bits per heavy atom. The Kier molecular flexibility index (Phi) is 4.74. The first-order valence-corrected chi connectivity index (χ1v) is 7.60. The normalized spacial score (nSPS) is 10.9. The lowest BCUT2D eigenvalue weighted by atomic mass is 10.2. The highest BCUT2D eigenvalue weighted by Crippen LogP contribution is 2.26. The minimum atomic E-state index is -0.449. The molecule has 0 radical (unpaired) electrons. The zero-order valence-corrected chi connectivity index (χ0v) is 13.0. The standard InChI is InChI=1S/C18H14ClF2NO/c19-16-9-13(3-7-17(16)21)18-8-6-15(23-18)11-22-10-12-1-4-14(20)5-2-12/h1-9,22H,10-11H2/p+1. The van der Waals surface area contributed by atoms with Gasteiger partial charge >= 0.3 is 0 Å². The van der Waals surface area contributed by atoms with Gasteiger partial charge in [0.05, 0.1) is 5.02 Å². The summed E-state index contributed by atoms with van der Waals surface area (Å²) >= 11 is 5.78. The summed E-state index contributed by atoms with van der Waals surface area (Å²) in [5.41, 5.74) is 1.78. The highest BCUT2D eigenvalue weighted by molar-refractivity contribution is 6.31. The largest absolute Gasteiger partial charge is 0.455 e. The maximum Gasteiger partial charge on any atom is 0.158 e. The van der Waals surface area contributed by atoms with E-state index in [4.69, 9.17) is 16.0 Å². The molecule has 0 aliphatic heterocycles. The molecule has 2 aromatic carbocycles. The highest BCUT2D eigenvalue weighted by Gasteiger charge is 2.08. The van der Waals surface area contributed by atoms with Crippen molar-refractivity contribution in [3.63, 3.8) is 0 Å². The molecule has 0 unspecified atom stereocenters. The van der Waals surface area contributed by atoms with E-state index in [-0.39, 0.29) is 10.8 Å². The first-order valence-electron chi connectivity index (χ1n) is 7.22. The van der Waals surface area contributed by atoms with Gasteiger partial charge in [0, 0.05) is 11.1 Å². The number of hydrogen-bond donors (Lipinski definition) is 1. The molecule has 118 valence electrons. The van der Waals surface area contributed by atoms with Crippen LogP contribution in [0.4, 0.5) is 8.78 Å². The van der Waals surface area contributed by atoms with E-state index >= 15 is 0 Å². The van der Waals surface area contributed by atoms with Crippen LogP contribution in [0.5, 0.6) is 0 Å². The minimum absolute atomic E-state index is 0.0725. The van der Waals surface area contributed by atoms with Gasteiger partial charge < -0.3 is 9.73 Å². The van der Waals surface area contributed by atoms with E-state index in [0.717, 1.165) is 23.4 Å². The van der Waals surface area contributed by atoms with Crippen molar-refractivity contribution in [2.75, 3.05) is 0 Å². The number of hydrogen-bond acceptors (Lipinski definition) is 1. The van der Waals surface area contributed by atoms with Crippen LogP contribution in [0.1, 0.15) is 11.3 Å².